The number of aryl methyl sites for hydroxylation is 1. The number of likely N-dealkylation sites (N-methyl/N-ethyl adjacent to an activating group) is 1. The molecule has 7 heteroatoms. The highest BCUT2D eigenvalue weighted by molar-refractivity contribution is 7.09. The minimum Gasteiger partial charge on any atom is -0.370 e. The zero-order chi connectivity index (χ0) is 17.1. The highest BCUT2D eigenvalue weighted by Crippen LogP contribution is 2.31. The van der Waals surface area contributed by atoms with Crippen LogP contribution in [0.4, 0.5) is 0 Å². The number of amides is 1. The predicted molar refractivity (Wildman–Crippen MR) is 93.9 cm³/mol. The molecule has 24 heavy (non-hydrogen) atoms. The van der Waals surface area contributed by atoms with Gasteiger partial charge in [0.15, 0.2) is 0 Å². The molecule has 1 aliphatic heterocycles. The molecule has 6 nitrogen and oxygen atoms in total. The van der Waals surface area contributed by atoms with Gasteiger partial charge in [0.25, 0.3) is 0 Å². The van der Waals surface area contributed by atoms with E-state index in [9.17, 15) is 4.79 Å². The topological polar surface area (TPSA) is 50.6 Å². The number of carbonyl (C=O) groups is 1. The molecule has 0 spiro atoms. The van der Waals surface area contributed by atoms with Crippen LogP contribution in [0.5, 0.6) is 0 Å². The van der Waals surface area contributed by atoms with Crippen LogP contribution in [0.2, 0.25) is 0 Å². The number of thiophene rings is 1. The quantitative estimate of drug-likeness (QED) is 0.797. The van der Waals surface area contributed by atoms with Crippen LogP contribution < -0.4 is 0 Å². The Morgan fingerprint density at radius 3 is 3.04 bits per heavy atom. The number of nitrogens with zero attached hydrogens (tertiary/aromatic N) is 4. The summed E-state index contributed by atoms with van der Waals surface area (Å²) in [4.78, 5) is 21.6. The summed E-state index contributed by atoms with van der Waals surface area (Å²) in [7, 11) is 5.52. The van der Waals surface area contributed by atoms with Crippen molar-refractivity contribution in [3.8, 4) is 0 Å². The average Bonchev–Trinajstić information content (AvgIpc) is 3.19. The molecule has 2 aromatic heterocycles. The van der Waals surface area contributed by atoms with Gasteiger partial charge < -0.3 is 14.2 Å². The number of ether oxygens (including phenoxy) is 1. The van der Waals surface area contributed by atoms with Gasteiger partial charge >= 0.3 is 0 Å². The summed E-state index contributed by atoms with van der Waals surface area (Å²) in [5, 5.41) is 2.11. The molecule has 0 saturated heterocycles. The lowest BCUT2D eigenvalue weighted by molar-refractivity contribution is -0.134. The van der Waals surface area contributed by atoms with Crippen molar-refractivity contribution in [3.05, 3.63) is 40.1 Å². The van der Waals surface area contributed by atoms with Gasteiger partial charge in [0.2, 0.25) is 5.91 Å². The summed E-state index contributed by atoms with van der Waals surface area (Å²) >= 11 is 1.77. The lowest BCUT2D eigenvalue weighted by Crippen LogP contribution is -2.39. The van der Waals surface area contributed by atoms with Gasteiger partial charge in [-0.2, -0.15) is 0 Å². The standard InChI is InChI=1S/C17H24N4O2S/c1-19(2)16(22)11-23-10-15-17-14(18-12-20(17)3)6-7-21(15)9-13-5-4-8-24-13/h4-5,8,12,15H,6-7,9-11H2,1-3H3/t15-/m1/s1. The molecular formula is C17H24N4O2S. The summed E-state index contributed by atoms with van der Waals surface area (Å²) in [6, 6.07) is 4.37. The Labute approximate surface area is 146 Å². The van der Waals surface area contributed by atoms with E-state index in [1.54, 1.807) is 30.3 Å². The van der Waals surface area contributed by atoms with E-state index in [0.717, 1.165) is 25.2 Å². The first-order valence-electron chi connectivity index (χ1n) is 8.10. The molecular weight excluding hydrogens is 324 g/mol. The molecule has 0 aliphatic carbocycles. The van der Waals surface area contributed by atoms with E-state index in [0.29, 0.717) is 6.61 Å². The van der Waals surface area contributed by atoms with Crippen LogP contribution in [0.25, 0.3) is 0 Å². The SMILES string of the molecule is CN(C)C(=O)COC[C@@H]1c2c(ncn2C)CCN1Cc1cccs1. The molecule has 3 heterocycles. The Balaban J connectivity index is 1.73. The second-order valence-electron chi connectivity index (χ2n) is 6.31. The number of carbonyl (C=O) groups excluding carboxylic acids is 1. The van der Waals surface area contributed by atoms with Crippen LogP contribution >= 0.6 is 11.3 Å². The maximum Gasteiger partial charge on any atom is 0.248 e. The summed E-state index contributed by atoms with van der Waals surface area (Å²) < 4.78 is 7.84. The molecule has 2 aromatic rings. The van der Waals surface area contributed by atoms with E-state index in [-0.39, 0.29) is 18.6 Å². The van der Waals surface area contributed by atoms with E-state index in [1.165, 1.54) is 10.6 Å². The van der Waals surface area contributed by atoms with E-state index >= 15 is 0 Å². The van der Waals surface area contributed by atoms with Crippen molar-refractivity contribution in [1.82, 2.24) is 19.4 Å². The Morgan fingerprint density at radius 1 is 1.50 bits per heavy atom. The van der Waals surface area contributed by atoms with Crippen molar-refractivity contribution in [2.45, 2.75) is 19.0 Å². The van der Waals surface area contributed by atoms with E-state index in [2.05, 4.69) is 32.0 Å². The van der Waals surface area contributed by atoms with Crippen LogP contribution in [-0.2, 0) is 29.5 Å². The molecule has 1 amide bonds. The third-order valence-corrected chi connectivity index (χ3v) is 5.25. The summed E-state index contributed by atoms with van der Waals surface area (Å²) in [5.74, 6) is -0.0131. The molecule has 1 aliphatic rings. The molecule has 130 valence electrons. The smallest absolute Gasteiger partial charge is 0.248 e. The van der Waals surface area contributed by atoms with Crippen molar-refractivity contribution in [3.63, 3.8) is 0 Å². The molecule has 1 atom stereocenters. The van der Waals surface area contributed by atoms with Crippen LogP contribution in [-0.4, -0.2) is 59.1 Å². The third kappa shape index (κ3) is 3.68. The van der Waals surface area contributed by atoms with E-state index in [1.807, 2.05) is 13.4 Å². The molecule has 0 fully saturated rings. The average molecular weight is 348 g/mol. The lowest BCUT2D eigenvalue weighted by Gasteiger charge is -2.35. The second kappa shape index (κ2) is 7.46. The van der Waals surface area contributed by atoms with Crippen LogP contribution in [0.1, 0.15) is 22.3 Å². The molecule has 0 radical (unpaired) electrons. The number of rotatable bonds is 6. The van der Waals surface area contributed by atoms with Crippen molar-refractivity contribution < 1.29 is 9.53 Å². The molecule has 0 aromatic carbocycles. The summed E-state index contributed by atoms with van der Waals surface area (Å²) in [6.07, 6.45) is 2.83. The first-order chi connectivity index (χ1) is 11.6. The largest absolute Gasteiger partial charge is 0.370 e. The number of aromatic nitrogens is 2. The lowest BCUT2D eigenvalue weighted by atomic mass is 10.0. The molecule has 0 unspecified atom stereocenters. The van der Waals surface area contributed by atoms with Crippen LogP contribution in [0.3, 0.4) is 0 Å². The number of imidazole rings is 1. The Morgan fingerprint density at radius 2 is 2.33 bits per heavy atom. The monoisotopic (exact) mass is 348 g/mol. The fourth-order valence-corrected chi connectivity index (χ4v) is 3.78. The van der Waals surface area contributed by atoms with Gasteiger partial charge in [-0.25, -0.2) is 4.98 Å². The maximum atomic E-state index is 11.8. The van der Waals surface area contributed by atoms with Gasteiger partial charge in [0.05, 0.1) is 30.4 Å². The maximum absolute atomic E-state index is 11.8. The van der Waals surface area contributed by atoms with Gasteiger partial charge in [0.1, 0.15) is 6.61 Å². The van der Waals surface area contributed by atoms with Crippen molar-refractivity contribution in [1.29, 1.82) is 0 Å². The highest BCUT2D eigenvalue weighted by Gasteiger charge is 2.31. The first-order valence-corrected chi connectivity index (χ1v) is 8.98. The van der Waals surface area contributed by atoms with Crippen LogP contribution in [0, 0.1) is 0 Å². The van der Waals surface area contributed by atoms with Gasteiger partial charge in [-0.05, 0) is 11.4 Å². The third-order valence-electron chi connectivity index (χ3n) is 4.39. The zero-order valence-corrected chi connectivity index (χ0v) is 15.3. The van der Waals surface area contributed by atoms with Gasteiger partial charge in [-0.1, -0.05) is 6.07 Å². The van der Waals surface area contributed by atoms with Crippen molar-refractivity contribution in [2.75, 3.05) is 33.9 Å². The molecule has 3 rings (SSSR count). The molecule has 0 N–H and O–H groups in total. The first kappa shape index (κ1) is 17.1. The summed E-state index contributed by atoms with van der Waals surface area (Å²) in [5.41, 5.74) is 2.35. The van der Waals surface area contributed by atoms with E-state index < -0.39 is 0 Å². The van der Waals surface area contributed by atoms with Crippen molar-refractivity contribution in [2.24, 2.45) is 7.05 Å². The summed E-state index contributed by atoms with van der Waals surface area (Å²) in [6.45, 7) is 2.47. The Hall–Kier alpha value is -1.70. The fraction of sp³-hybridized carbons (Fsp3) is 0.529. The molecule has 0 saturated carbocycles. The fourth-order valence-electron chi connectivity index (χ4n) is 3.05. The van der Waals surface area contributed by atoms with Crippen LogP contribution in [0.15, 0.2) is 23.8 Å². The highest BCUT2D eigenvalue weighted by atomic mass is 32.1. The number of hydrogen-bond acceptors (Lipinski definition) is 5. The van der Waals surface area contributed by atoms with E-state index in [4.69, 9.17) is 4.74 Å². The number of hydrogen-bond donors (Lipinski definition) is 0. The normalized spacial score (nSPS) is 17.7. The van der Waals surface area contributed by atoms with Gasteiger partial charge in [-0.3, -0.25) is 9.69 Å². The van der Waals surface area contributed by atoms with Crippen molar-refractivity contribution >= 4 is 17.2 Å². The van der Waals surface area contributed by atoms with Gasteiger partial charge in [0, 0.05) is 45.5 Å². The number of fused-ring (bicyclic) bond motifs is 1. The predicted octanol–water partition coefficient (Wildman–Crippen LogP) is 1.69. The van der Waals surface area contributed by atoms with Gasteiger partial charge in [-0.15, -0.1) is 11.3 Å². The zero-order valence-electron chi connectivity index (χ0n) is 14.4. The Kier molecular flexibility index (Phi) is 5.33. The molecule has 0 bridgehead atoms. The second-order valence-corrected chi connectivity index (χ2v) is 7.34. The Bertz CT molecular complexity index is 681. The minimum absolute atomic E-state index is 0.0131. The minimum atomic E-state index is -0.0131.